The monoisotopic (exact) mass is 201 g/mol. The highest BCUT2D eigenvalue weighted by atomic mass is 15.3. The first-order valence-corrected chi connectivity index (χ1v) is 5.07. The average molecular weight is 201 g/mol. The van der Waals surface area contributed by atoms with Crippen molar-refractivity contribution in [1.29, 1.82) is 0 Å². The molecule has 1 aromatic heterocycles. The summed E-state index contributed by atoms with van der Waals surface area (Å²) in [6.07, 6.45) is 3.72. The predicted octanol–water partition coefficient (Wildman–Crippen LogP) is 1.74. The Kier molecular flexibility index (Phi) is 2.83. The normalized spacial score (nSPS) is 12.7. The van der Waals surface area contributed by atoms with Crippen molar-refractivity contribution in [3.05, 3.63) is 53.9 Å². The van der Waals surface area contributed by atoms with Gasteiger partial charge < -0.3 is 5.73 Å². The molecular formula is C12H15N3. The third-order valence-electron chi connectivity index (χ3n) is 2.53. The number of rotatable bonds is 3. The van der Waals surface area contributed by atoms with Gasteiger partial charge in [-0.15, -0.1) is 0 Å². The van der Waals surface area contributed by atoms with Crippen LogP contribution in [-0.2, 0) is 0 Å². The number of benzene rings is 1. The molecule has 0 saturated carbocycles. The third-order valence-corrected chi connectivity index (χ3v) is 2.53. The zero-order valence-electron chi connectivity index (χ0n) is 8.80. The molecule has 2 aromatic rings. The maximum atomic E-state index is 5.77. The van der Waals surface area contributed by atoms with Gasteiger partial charge in [-0.1, -0.05) is 29.8 Å². The molecule has 3 nitrogen and oxygen atoms in total. The van der Waals surface area contributed by atoms with Gasteiger partial charge >= 0.3 is 0 Å². The maximum absolute atomic E-state index is 5.77. The van der Waals surface area contributed by atoms with Crippen molar-refractivity contribution in [1.82, 2.24) is 9.78 Å². The highest BCUT2D eigenvalue weighted by molar-refractivity contribution is 5.24. The van der Waals surface area contributed by atoms with Crippen LogP contribution in [-0.4, -0.2) is 16.3 Å². The number of aryl methyl sites for hydroxylation is 1. The van der Waals surface area contributed by atoms with Crippen LogP contribution in [0.1, 0.15) is 17.2 Å². The van der Waals surface area contributed by atoms with Gasteiger partial charge in [-0.25, -0.2) is 0 Å². The largest absolute Gasteiger partial charge is 0.328 e. The molecule has 78 valence electrons. The van der Waals surface area contributed by atoms with E-state index in [1.807, 2.05) is 16.9 Å². The summed E-state index contributed by atoms with van der Waals surface area (Å²) in [5.41, 5.74) is 8.23. The van der Waals surface area contributed by atoms with Crippen molar-refractivity contribution in [2.75, 3.05) is 6.54 Å². The van der Waals surface area contributed by atoms with E-state index in [-0.39, 0.29) is 6.04 Å². The Morgan fingerprint density at radius 1 is 1.33 bits per heavy atom. The fraction of sp³-hybridized carbons (Fsp3) is 0.250. The number of hydrogen-bond donors (Lipinski definition) is 1. The first-order valence-electron chi connectivity index (χ1n) is 5.07. The van der Waals surface area contributed by atoms with E-state index in [9.17, 15) is 0 Å². The summed E-state index contributed by atoms with van der Waals surface area (Å²) in [5, 5.41) is 4.22. The van der Waals surface area contributed by atoms with Crippen LogP contribution < -0.4 is 5.73 Å². The number of nitrogens with two attached hydrogens (primary N) is 1. The minimum atomic E-state index is 0.139. The summed E-state index contributed by atoms with van der Waals surface area (Å²) in [7, 11) is 0. The van der Waals surface area contributed by atoms with Crippen LogP contribution in [0.5, 0.6) is 0 Å². The molecular weight excluding hydrogens is 186 g/mol. The lowest BCUT2D eigenvalue weighted by Gasteiger charge is -2.15. The van der Waals surface area contributed by atoms with E-state index in [0.29, 0.717) is 6.54 Å². The molecule has 0 aliphatic carbocycles. The molecule has 0 aliphatic heterocycles. The number of nitrogens with zero attached hydrogens (tertiary/aromatic N) is 2. The molecule has 0 saturated heterocycles. The van der Waals surface area contributed by atoms with E-state index in [4.69, 9.17) is 5.73 Å². The summed E-state index contributed by atoms with van der Waals surface area (Å²) < 4.78 is 1.89. The molecule has 0 bridgehead atoms. The molecule has 1 heterocycles. The summed E-state index contributed by atoms with van der Waals surface area (Å²) >= 11 is 0. The van der Waals surface area contributed by atoms with Gasteiger partial charge in [0.1, 0.15) is 0 Å². The second kappa shape index (κ2) is 4.28. The van der Waals surface area contributed by atoms with Gasteiger partial charge in [0.05, 0.1) is 6.04 Å². The second-order valence-electron chi connectivity index (χ2n) is 3.65. The Hall–Kier alpha value is -1.61. The van der Waals surface area contributed by atoms with Crippen molar-refractivity contribution >= 4 is 0 Å². The van der Waals surface area contributed by atoms with Crippen molar-refractivity contribution in [2.45, 2.75) is 13.0 Å². The molecule has 0 radical (unpaired) electrons. The van der Waals surface area contributed by atoms with Crippen molar-refractivity contribution in [3.8, 4) is 0 Å². The molecule has 3 heteroatoms. The van der Waals surface area contributed by atoms with E-state index in [1.165, 1.54) is 11.1 Å². The fourth-order valence-corrected chi connectivity index (χ4v) is 1.65. The molecule has 0 amide bonds. The molecule has 1 unspecified atom stereocenters. The first-order chi connectivity index (χ1) is 7.31. The molecule has 0 spiro atoms. The van der Waals surface area contributed by atoms with Crippen LogP contribution in [0.4, 0.5) is 0 Å². The predicted molar refractivity (Wildman–Crippen MR) is 60.6 cm³/mol. The molecule has 0 fully saturated rings. The smallest absolute Gasteiger partial charge is 0.0890 e. The average Bonchev–Trinajstić information content (AvgIpc) is 2.75. The summed E-state index contributed by atoms with van der Waals surface area (Å²) in [6.45, 7) is 2.64. The number of hydrogen-bond acceptors (Lipinski definition) is 2. The van der Waals surface area contributed by atoms with Crippen LogP contribution in [0.25, 0.3) is 0 Å². The van der Waals surface area contributed by atoms with Crippen LogP contribution in [0.3, 0.4) is 0 Å². The number of aromatic nitrogens is 2. The minimum Gasteiger partial charge on any atom is -0.328 e. The SMILES string of the molecule is Cc1ccc(C(CN)n2cccn2)cc1. The van der Waals surface area contributed by atoms with Gasteiger partial charge in [0, 0.05) is 18.9 Å². The molecule has 0 aliphatic rings. The first kappa shape index (κ1) is 9.93. The van der Waals surface area contributed by atoms with Gasteiger partial charge in [0.2, 0.25) is 0 Å². The van der Waals surface area contributed by atoms with Crippen LogP contribution in [0, 0.1) is 6.92 Å². The Labute approximate surface area is 89.5 Å². The van der Waals surface area contributed by atoms with Gasteiger partial charge in [-0.2, -0.15) is 5.10 Å². The lowest BCUT2D eigenvalue weighted by molar-refractivity contribution is 0.532. The van der Waals surface area contributed by atoms with E-state index in [1.54, 1.807) is 6.20 Å². The lowest BCUT2D eigenvalue weighted by atomic mass is 10.1. The van der Waals surface area contributed by atoms with E-state index in [0.717, 1.165) is 0 Å². The Bertz CT molecular complexity index is 403. The van der Waals surface area contributed by atoms with Gasteiger partial charge in [-0.3, -0.25) is 4.68 Å². The zero-order valence-corrected chi connectivity index (χ0v) is 8.80. The molecule has 2 rings (SSSR count). The summed E-state index contributed by atoms with van der Waals surface area (Å²) in [5.74, 6) is 0. The third kappa shape index (κ3) is 2.07. The Morgan fingerprint density at radius 3 is 2.60 bits per heavy atom. The fourth-order valence-electron chi connectivity index (χ4n) is 1.65. The minimum absolute atomic E-state index is 0.139. The summed E-state index contributed by atoms with van der Waals surface area (Å²) in [4.78, 5) is 0. The Balaban J connectivity index is 2.31. The zero-order chi connectivity index (χ0) is 10.7. The van der Waals surface area contributed by atoms with Gasteiger partial charge in [0.15, 0.2) is 0 Å². The van der Waals surface area contributed by atoms with E-state index in [2.05, 4.69) is 36.3 Å². The lowest BCUT2D eigenvalue weighted by Crippen LogP contribution is -2.20. The maximum Gasteiger partial charge on any atom is 0.0890 e. The van der Waals surface area contributed by atoms with Crippen molar-refractivity contribution in [3.63, 3.8) is 0 Å². The standard InChI is InChI=1S/C12H15N3/c1-10-3-5-11(6-4-10)12(9-13)15-8-2-7-14-15/h2-8,12H,9,13H2,1H3. The molecule has 2 N–H and O–H groups in total. The molecule has 1 atom stereocenters. The Morgan fingerprint density at radius 2 is 2.07 bits per heavy atom. The van der Waals surface area contributed by atoms with Crippen molar-refractivity contribution in [2.24, 2.45) is 5.73 Å². The van der Waals surface area contributed by atoms with Gasteiger partial charge in [-0.05, 0) is 18.6 Å². The molecule has 15 heavy (non-hydrogen) atoms. The van der Waals surface area contributed by atoms with Gasteiger partial charge in [0.25, 0.3) is 0 Å². The van der Waals surface area contributed by atoms with E-state index >= 15 is 0 Å². The van der Waals surface area contributed by atoms with Crippen LogP contribution in [0.2, 0.25) is 0 Å². The quantitative estimate of drug-likeness (QED) is 0.822. The summed E-state index contributed by atoms with van der Waals surface area (Å²) in [6, 6.07) is 10.5. The van der Waals surface area contributed by atoms with Crippen LogP contribution >= 0.6 is 0 Å². The topological polar surface area (TPSA) is 43.8 Å². The molecule has 1 aromatic carbocycles. The highest BCUT2D eigenvalue weighted by Crippen LogP contribution is 2.16. The van der Waals surface area contributed by atoms with Crippen LogP contribution in [0.15, 0.2) is 42.7 Å². The van der Waals surface area contributed by atoms with E-state index < -0.39 is 0 Å². The second-order valence-corrected chi connectivity index (χ2v) is 3.65. The highest BCUT2D eigenvalue weighted by Gasteiger charge is 2.10. The van der Waals surface area contributed by atoms with Crippen molar-refractivity contribution < 1.29 is 0 Å².